The van der Waals surface area contributed by atoms with Crippen molar-refractivity contribution in [1.82, 2.24) is 15.2 Å². The maximum absolute atomic E-state index is 11.3. The quantitative estimate of drug-likeness (QED) is 0.868. The average molecular weight is 247 g/mol. The number of benzene rings is 1. The molecule has 0 saturated carbocycles. The number of para-hydroxylation sites is 1. The highest BCUT2D eigenvalue weighted by atomic mass is 32.1. The summed E-state index contributed by atoms with van der Waals surface area (Å²) >= 11 is 1.71. The van der Waals surface area contributed by atoms with Crippen LogP contribution in [0.5, 0.6) is 0 Å². The van der Waals surface area contributed by atoms with Crippen LogP contribution in [-0.4, -0.2) is 35.4 Å². The van der Waals surface area contributed by atoms with Crippen molar-refractivity contribution in [3.8, 4) is 0 Å². The molecule has 0 unspecified atom stereocenters. The van der Waals surface area contributed by atoms with Gasteiger partial charge in [0.2, 0.25) is 5.91 Å². The summed E-state index contributed by atoms with van der Waals surface area (Å²) in [7, 11) is 0. The molecule has 4 nitrogen and oxygen atoms in total. The highest BCUT2D eigenvalue weighted by Crippen LogP contribution is 2.22. The molecule has 0 spiro atoms. The lowest BCUT2D eigenvalue weighted by molar-refractivity contribution is -0.124. The van der Waals surface area contributed by atoms with Gasteiger partial charge >= 0.3 is 0 Å². The zero-order valence-corrected chi connectivity index (χ0v) is 10.2. The second kappa shape index (κ2) is 4.43. The molecule has 2 heterocycles. The van der Waals surface area contributed by atoms with Gasteiger partial charge in [-0.05, 0) is 12.1 Å². The number of hydrogen-bond donors (Lipinski definition) is 1. The van der Waals surface area contributed by atoms with Crippen molar-refractivity contribution >= 4 is 27.5 Å². The Morgan fingerprint density at radius 2 is 2.29 bits per heavy atom. The Bertz CT molecular complexity index is 518. The molecule has 1 saturated heterocycles. The minimum atomic E-state index is 0.109. The van der Waals surface area contributed by atoms with E-state index in [1.807, 2.05) is 18.2 Å². The third-order valence-corrected chi connectivity index (χ3v) is 3.84. The lowest BCUT2D eigenvalue weighted by Gasteiger charge is -2.25. The van der Waals surface area contributed by atoms with Gasteiger partial charge in [-0.15, -0.1) is 11.3 Å². The van der Waals surface area contributed by atoms with E-state index < -0.39 is 0 Å². The molecule has 1 N–H and O–H groups in total. The zero-order chi connectivity index (χ0) is 11.7. The van der Waals surface area contributed by atoms with Crippen LogP contribution in [0.3, 0.4) is 0 Å². The van der Waals surface area contributed by atoms with Gasteiger partial charge in [0, 0.05) is 13.1 Å². The number of hydrogen-bond acceptors (Lipinski definition) is 4. The number of amides is 1. The molecule has 3 rings (SSSR count). The fourth-order valence-corrected chi connectivity index (χ4v) is 3.02. The van der Waals surface area contributed by atoms with Gasteiger partial charge in [-0.2, -0.15) is 0 Å². The molecular formula is C12H13N3OS. The monoisotopic (exact) mass is 247 g/mol. The number of thiazole rings is 1. The van der Waals surface area contributed by atoms with Gasteiger partial charge in [-0.25, -0.2) is 4.98 Å². The molecule has 0 aliphatic carbocycles. The maximum Gasteiger partial charge on any atom is 0.234 e. The first-order chi connectivity index (χ1) is 8.31. The third kappa shape index (κ3) is 2.30. The van der Waals surface area contributed by atoms with Crippen LogP contribution in [0, 0.1) is 0 Å². The van der Waals surface area contributed by atoms with Crippen molar-refractivity contribution in [2.75, 3.05) is 19.6 Å². The normalized spacial score (nSPS) is 17.3. The summed E-state index contributed by atoms with van der Waals surface area (Å²) in [6.07, 6.45) is 0. The molecule has 2 aromatic rings. The predicted octanol–water partition coefficient (Wildman–Crippen LogP) is 1.23. The molecule has 0 atom stereocenters. The Kier molecular flexibility index (Phi) is 2.78. The average Bonchev–Trinajstić information content (AvgIpc) is 2.71. The number of carbonyl (C=O) groups is 1. The lowest BCUT2D eigenvalue weighted by Crippen LogP contribution is -2.47. The number of carbonyl (C=O) groups excluding carboxylic acids is 1. The van der Waals surface area contributed by atoms with E-state index in [2.05, 4.69) is 21.3 Å². The van der Waals surface area contributed by atoms with Crippen LogP contribution in [0.15, 0.2) is 24.3 Å². The SMILES string of the molecule is O=C1CN(Cc2nc3ccccc3s2)CCN1. The number of nitrogens with one attached hydrogen (secondary N) is 1. The highest BCUT2D eigenvalue weighted by Gasteiger charge is 2.17. The van der Waals surface area contributed by atoms with Crippen molar-refractivity contribution in [3.05, 3.63) is 29.3 Å². The van der Waals surface area contributed by atoms with Crippen LogP contribution in [0.4, 0.5) is 0 Å². The molecule has 0 bridgehead atoms. The smallest absolute Gasteiger partial charge is 0.234 e. The minimum Gasteiger partial charge on any atom is -0.354 e. The molecule has 1 aromatic carbocycles. The number of rotatable bonds is 2. The molecule has 5 heteroatoms. The molecule has 1 aliphatic rings. The first-order valence-corrected chi connectivity index (χ1v) is 6.46. The second-order valence-corrected chi connectivity index (χ2v) is 5.25. The summed E-state index contributed by atoms with van der Waals surface area (Å²) in [5.74, 6) is 0.109. The number of piperazine rings is 1. The van der Waals surface area contributed by atoms with Gasteiger partial charge in [0.15, 0.2) is 0 Å². The minimum absolute atomic E-state index is 0.109. The van der Waals surface area contributed by atoms with Crippen molar-refractivity contribution in [2.45, 2.75) is 6.54 Å². The van der Waals surface area contributed by atoms with Crippen LogP contribution in [0.25, 0.3) is 10.2 Å². The summed E-state index contributed by atoms with van der Waals surface area (Å²) in [5, 5.41) is 3.91. The summed E-state index contributed by atoms with van der Waals surface area (Å²) in [5.41, 5.74) is 1.05. The number of fused-ring (bicyclic) bond motifs is 1. The first-order valence-electron chi connectivity index (χ1n) is 5.65. The topological polar surface area (TPSA) is 45.2 Å². The third-order valence-electron chi connectivity index (χ3n) is 2.81. The molecule has 1 aromatic heterocycles. The van der Waals surface area contributed by atoms with Gasteiger partial charge in [-0.3, -0.25) is 9.69 Å². The fraction of sp³-hybridized carbons (Fsp3) is 0.333. The van der Waals surface area contributed by atoms with Gasteiger partial charge in [0.1, 0.15) is 5.01 Å². The Hall–Kier alpha value is -1.46. The fourth-order valence-electron chi connectivity index (χ4n) is 2.01. The van der Waals surface area contributed by atoms with Gasteiger partial charge in [0.25, 0.3) is 0 Å². The Morgan fingerprint density at radius 3 is 3.12 bits per heavy atom. The Labute approximate surface area is 103 Å². The van der Waals surface area contributed by atoms with Crippen LogP contribution in [-0.2, 0) is 11.3 Å². The van der Waals surface area contributed by atoms with Gasteiger partial charge in [-0.1, -0.05) is 12.1 Å². The van der Waals surface area contributed by atoms with E-state index in [0.717, 1.165) is 30.2 Å². The van der Waals surface area contributed by atoms with E-state index in [-0.39, 0.29) is 5.91 Å². The molecule has 1 amide bonds. The summed E-state index contributed by atoms with van der Waals surface area (Å²) in [4.78, 5) is 18.0. The largest absolute Gasteiger partial charge is 0.354 e. The molecular weight excluding hydrogens is 234 g/mol. The maximum atomic E-state index is 11.3. The molecule has 1 fully saturated rings. The standard InChI is InChI=1S/C12H13N3OS/c16-11-7-15(6-5-13-11)8-12-14-9-3-1-2-4-10(9)17-12/h1-4H,5-8H2,(H,13,16). The van der Waals surface area contributed by atoms with Crippen LogP contribution < -0.4 is 5.32 Å². The first kappa shape index (κ1) is 10.7. The van der Waals surface area contributed by atoms with Crippen molar-refractivity contribution in [2.24, 2.45) is 0 Å². The Balaban J connectivity index is 1.78. The van der Waals surface area contributed by atoms with Crippen molar-refractivity contribution < 1.29 is 4.79 Å². The summed E-state index contributed by atoms with van der Waals surface area (Å²) in [6.45, 7) is 2.90. The lowest BCUT2D eigenvalue weighted by atomic mass is 10.3. The van der Waals surface area contributed by atoms with Gasteiger partial charge < -0.3 is 5.32 Å². The highest BCUT2D eigenvalue weighted by molar-refractivity contribution is 7.18. The van der Waals surface area contributed by atoms with Crippen molar-refractivity contribution in [3.63, 3.8) is 0 Å². The van der Waals surface area contributed by atoms with E-state index in [1.54, 1.807) is 11.3 Å². The number of aromatic nitrogens is 1. The van der Waals surface area contributed by atoms with Gasteiger partial charge in [0.05, 0.1) is 23.3 Å². The van der Waals surface area contributed by atoms with E-state index in [9.17, 15) is 4.79 Å². The van der Waals surface area contributed by atoms with E-state index in [4.69, 9.17) is 0 Å². The van der Waals surface area contributed by atoms with E-state index in [0.29, 0.717) is 6.54 Å². The van der Waals surface area contributed by atoms with Crippen LogP contribution in [0.1, 0.15) is 5.01 Å². The predicted molar refractivity (Wildman–Crippen MR) is 67.9 cm³/mol. The van der Waals surface area contributed by atoms with Crippen LogP contribution >= 0.6 is 11.3 Å². The Morgan fingerprint density at radius 1 is 1.41 bits per heavy atom. The number of nitrogens with zero attached hydrogens (tertiary/aromatic N) is 2. The molecule has 17 heavy (non-hydrogen) atoms. The van der Waals surface area contributed by atoms with Crippen molar-refractivity contribution in [1.29, 1.82) is 0 Å². The molecule has 0 radical (unpaired) electrons. The van der Waals surface area contributed by atoms with Crippen LogP contribution in [0.2, 0.25) is 0 Å². The summed E-state index contributed by atoms with van der Waals surface area (Å²) in [6, 6.07) is 8.14. The molecule has 88 valence electrons. The second-order valence-electron chi connectivity index (χ2n) is 4.14. The molecule has 1 aliphatic heterocycles. The summed E-state index contributed by atoms with van der Waals surface area (Å²) < 4.78 is 1.21. The van der Waals surface area contributed by atoms with E-state index in [1.165, 1.54) is 4.70 Å². The zero-order valence-electron chi connectivity index (χ0n) is 9.35. The van der Waals surface area contributed by atoms with E-state index >= 15 is 0 Å².